The second-order valence-electron chi connectivity index (χ2n) is 16.0. The van der Waals surface area contributed by atoms with Crippen LogP contribution in [0, 0.1) is 6.92 Å². The molecule has 0 fully saturated rings. The second kappa shape index (κ2) is 13.9. The molecule has 0 saturated heterocycles. The van der Waals surface area contributed by atoms with Crippen molar-refractivity contribution >= 4 is 6.21 Å². The van der Waals surface area contributed by atoms with Gasteiger partial charge in [0.1, 0.15) is 34.6 Å². The van der Waals surface area contributed by atoms with E-state index in [-0.39, 0.29) is 22.0 Å². The summed E-state index contributed by atoms with van der Waals surface area (Å²) in [7, 11) is 4.83. The van der Waals surface area contributed by atoms with Gasteiger partial charge in [-0.3, -0.25) is 4.99 Å². The van der Waals surface area contributed by atoms with E-state index < -0.39 is 11.6 Å². The standard InChI is InChI=1S/C43H55NO5/c1-27-22-28(38(45)34(23-27)42(8,9)10)26-44-39(31-16-14-15-17-35(31)47-11)43(46,32-24-29(40(2,3)4)18-20-36(32)48-12)33-25-30(41(5,6)7)19-21-37(33)49-13/h14-26,39,45-46H,1-13H3. The molecule has 4 aromatic carbocycles. The fourth-order valence-electron chi connectivity index (χ4n) is 6.32. The minimum absolute atomic E-state index is 0.156. The van der Waals surface area contributed by atoms with Gasteiger partial charge in [0.15, 0.2) is 0 Å². The zero-order valence-electron chi connectivity index (χ0n) is 31.6. The van der Waals surface area contributed by atoms with Gasteiger partial charge in [-0.2, -0.15) is 0 Å². The molecule has 0 aliphatic heterocycles. The number of phenols is 1. The molecule has 49 heavy (non-hydrogen) atoms. The SMILES string of the molecule is COc1ccccc1C(N=Cc1cc(C)cc(C(C)(C)C)c1O)C(O)(c1cc(C(C)(C)C)ccc1OC)c1cc(C(C)(C)C)ccc1OC. The number of aromatic hydroxyl groups is 1. The molecule has 6 heteroatoms. The summed E-state index contributed by atoms with van der Waals surface area (Å²) in [5.41, 5.74) is 3.47. The predicted molar refractivity (Wildman–Crippen MR) is 201 cm³/mol. The van der Waals surface area contributed by atoms with Crippen LogP contribution in [0.2, 0.25) is 0 Å². The molecule has 0 aliphatic carbocycles. The van der Waals surface area contributed by atoms with Gasteiger partial charge in [-0.25, -0.2) is 0 Å². The van der Waals surface area contributed by atoms with Crippen LogP contribution in [0.3, 0.4) is 0 Å². The van der Waals surface area contributed by atoms with Crippen molar-refractivity contribution in [1.82, 2.24) is 0 Å². The number of nitrogens with zero attached hydrogens (tertiary/aromatic N) is 1. The number of aliphatic imine (C=N–C) groups is 1. The largest absolute Gasteiger partial charge is 0.507 e. The molecule has 0 heterocycles. The highest BCUT2D eigenvalue weighted by Crippen LogP contribution is 2.52. The fourth-order valence-corrected chi connectivity index (χ4v) is 6.32. The van der Waals surface area contributed by atoms with Crippen LogP contribution < -0.4 is 14.2 Å². The number of aliphatic hydroxyl groups is 1. The van der Waals surface area contributed by atoms with E-state index in [4.69, 9.17) is 19.2 Å². The summed E-state index contributed by atoms with van der Waals surface area (Å²) in [6.45, 7) is 21.1. The van der Waals surface area contributed by atoms with Crippen molar-refractivity contribution in [3.05, 3.63) is 117 Å². The Morgan fingerprint density at radius 1 is 0.612 bits per heavy atom. The Hall–Kier alpha value is -4.29. The van der Waals surface area contributed by atoms with Crippen molar-refractivity contribution in [3.63, 3.8) is 0 Å². The summed E-state index contributed by atoms with van der Waals surface area (Å²) < 4.78 is 18.0. The first kappa shape index (κ1) is 37.5. The van der Waals surface area contributed by atoms with E-state index in [0.717, 1.165) is 22.3 Å². The van der Waals surface area contributed by atoms with E-state index in [2.05, 4.69) is 62.3 Å². The molecular formula is C43H55NO5. The summed E-state index contributed by atoms with van der Waals surface area (Å²) in [4.78, 5) is 5.23. The number of phenolic OH excluding ortho intramolecular Hbond substituents is 1. The number of hydrogen-bond donors (Lipinski definition) is 2. The van der Waals surface area contributed by atoms with Crippen LogP contribution in [0.1, 0.15) is 113 Å². The third kappa shape index (κ3) is 7.65. The van der Waals surface area contributed by atoms with Gasteiger partial charge in [0.2, 0.25) is 0 Å². The van der Waals surface area contributed by atoms with E-state index in [1.54, 1.807) is 27.5 Å². The average molecular weight is 666 g/mol. The molecule has 0 radical (unpaired) electrons. The molecule has 0 aliphatic rings. The maximum Gasteiger partial charge on any atom is 0.148 e. The lowest BCUT2D eigenvalue weighted by molar-refractivity contribution is 0.0462. The number of benzene rings is 4. The minimum atomic E-state index is -1.86. The zero-order valence-corrected chi connectivity index (χ0v) is 31.6. The van der Waals surface area contributed by atoms with Crippen molar-refractivity contribution in [2.45, 2.75) is 97.1 Å². The predicted octanol–water partition coefficient (Wildman–Crippen LogP) is 9.72. The summed E-state index contributed by atoms with van der Waals surface area (Å²) in [5, 5.41) is 25.5. The van der Waals surface area contributed by atoms with Gasteiger partial charge in [0.05, 0.1) is 21.3 Å². The summed E-state index contributed by atoms with van der Waals surface area (Å²) in [5.74, 6) is 1.72. The Bertz CT molecular complexity index is 1750. The van der Waals surface area contributed by atoms with Gasteiger partial charge < -0.3 is 24.4 Å². The number of aryl methyl sites for hydroxylation is 1. The fraction of sp³-hybridized carbons (Fsp3) is 0.419. The molecule has 0 spiro atoms. The smallest absolute Gasteiger partial charge is 0.148 e. The normalized spacial score (nSPS) is 13.4. The number of ether oxygens (including phenoxy) is 3. The molecule has 0 aromatic heterocycles. The quantitative estimate of drug-likeness (QED) is 0.174. The third-order valence-corrected chi connectivity index (χ3v) is 9.24. The van der Waals surface area contributed by atoms with Crippen molar-refractivity contribution in [2.24, 2.45) is 4.99 Å². The number of hydrogen-bond acceptors (Lipinski definition) is 6. The molecule has 0 amide bonds. The van der Waals surface area contributed by atoms with Crippen molar-refractivity contribution in [1.29, 1.82) is 0 Å². The van der Waals surface area contributed by atoms with E-state index in [1.165, 1.54) is 0 Å². The first-order chi connectivity index (χ1) is 22.8. The topological polar surface area (TPSA) is 80.5 Å². The highest BCUT2D eigenvalue weighted by Gasteiger charge is 2.47. The molecule has 4 rings (SSSR count). The summed E-state index contributed by atoms with van der Waals surface area (Å²) in [6.07, 6.45) is 1.67. The summed E-state index contributed by atoms with van der Waals surface area (Å²) in [6, 6.07) is 22.4. The van der Waals surface area contributed by atoms with Crippen LogP contribution in [0.5, 0.6) is 23.0 Å². The maximum absolute atomic E-state index is 13.9. The Morgan fingerprint density at radius 3 is 1.55 bits per heavy atom. The molecule has 6 nitrogen and oxygen atoms in total. The lowest BCUT2D eigenvalue weighted by atomic mass is 9.73. The molecular weight excluding hydrogens is 610 g/mol. The Kier molecular flexibility index (Phi) is 10.7. The number of methoxy groups -OCH3 is 3. The molecule has 1 unspecified atom stereocenters. The van der Waals surface area contributed by atoms with Gasteiger partial charge >= 0.3 is 0 Å². The van der Waals surface area contributed by atoms with Crippen LogP contribution >= 0.6 is 0 Å². The number of para-hydroxylation sites is 1. The second-order valence-corrected chi connectivity index (χ2v) is 16.0. The molecule has 0 bridgehead atoms. The van der Waals surface area contributed by atoms with Crippen LogP contribution in [-0.2, 0) is 21.8 Å². The van der Waals surface area contributed by atoms with Crippen molar-refractivity contribution < 1.29 is 24.4 Å². The van der Waals surface area contributed by atoms with Gasteiger partial charge in [0, 0.05) is 34.0 Å². The average Bonchev–Trinajstić information content (AvgIpc) is 3.04. The Balaban J connectivity index is 2.23. The van der Waals surface area contributed by atoms with Crippen LogP contribution in [0.4, 0.5) is 0 Å². The molecule has 262 valence electrons. The van der Waals surface area contributed by atoms with Crippen LogP contribution in [0.25, 0.3) is 0 Å². The molecule has 0 saturated carbocycles. The van der Waals surface area contributed by atoms with Gasteiger partial charge in [-0.05, 0) is 76.3 Å². The third-order valence-electron chi connectivity index (χ3n) is 9.24. The highest BCUT2D eigenvalue weighted by molar-refractivity contribution is 5.85. The van der Waals surface area contributed by atoms with Crippen LogP contribution in [0.15, 0.2) is 77.8 Å². The molecule has 2 N–H and O–H groups in total. The monoisotopic (exact) mass is 665 g/mol. The van der Waals surface area contributed by atoms with E-state index in [1.807, 2.05) is 79.7 Å². The minimum Gasteiger partial charge on any atom is -0.507 e. The highest BCUT2D eigenvalue weighted by atomic mass is 16.5. The van der Waals surface area contributed by atoms with E-state index in [9.17, 15) is 10.2 Å². The van der Waals surface area contributed by atoms with Gasteiger partial charge in [0.25, 0.3) is 0 Å². The van der Waals surface area contributed by atoms with Gasteiger partial charge in [-0.1, -0.05) is 98.7 Å². The lowest BCUT2D eigenvalue weighted by Crippen LogP contribution is -2.36. The Morgan fingerprint density at radius 2 is 1.10 bits per heavy atom. The lowest BCUT2D eigenvalue weighted by Gasteiger charge is -2.39. The first-order valence-corrected chi connectivity index (χ1v) is 16.9. The Labute approximate surface area is 293 Å². The van der Waals surface area contributed by atoms with Crippen molar-refractivity contribution in [3.8, 4) is 23.0 Å². The van der Waals surface area contributed by atoms with E-state index >= 15 is 0 Å². The molecule has 1 atom stereocenters. The van der Waals surface area contributed by atoms with E-state index in [0.29, 0.717) is 39.5 Å². The van der Waals surface area contributed by atoms with Crippen molar-refractivity contribution in [2.75, 3.05) is 21.3 Å². The van der Waals surface area contributed by atoms with Gasteiger partial charge in [-0.15, -0.1) is 0 Å². The zero-order chi connectivity index (χ0) is 36.5. The van der Waals surface area contributed by atoms with Crippen LogP contribution in [-0.4, -0.2) is 37.8 Å². The number of rotatable bonds is 9. The molecule has 4 aromatic rings. The maximum atomic E-state index is 13.9. The summed E-state index contributed by atoms with van der Waals surface area (Å²) >= 11 is 0. The first-order valence-electron chi connectivity index (χ1n) is 16.9.